The number of benzene rings is 1. The van der Waals surface area contributed by atoms with Crippen LogP contribution >= 0.6 is 0 Å². The Labute approximate surface area is 207 Å². The van der Waals surface area contributed by atoms with Crippen molar-refractivity contribution in [3.8, 4) is 11.8 Å². The van der Waals surface area contributed by atoms with E-state index < -0.39 is 29.6 Å². The molecule has 0 radical (unpaired) electrons. The molecular formula is C26H27F2N5O3. The van der Waals surface area contributed by atoms with Gasteiger partial charge in [0.25, 0.3) is 0 Å². The monoisotopic (exact) mass is 495 g/mol. The average Bonchev–Trinajstić information content (AvgIpc) is 2.93. The van der Waals surface area contributed by atoms with Crippen LogP contribution in [0, 0.1) is 29.1 Å². The van der Waals surface area contributed by atoms with Gasteiger partial charge in [0, 0.05) is 42.7 Å². The normalized spacial score (nSPS) is 15.8. The fraction of sp³-hybridized carbons (Fsp3) is 0.308. The number of aromatic nitrogens is 1. The number of anilines is 1. The molecule has 0 spiro atoms. The van der Waals surface area contributed by atoms with Crippen molar-refractivity contribution in [3.05, 3.63) is 70.7 Å². The molecule has 2 aromatic rings. The lowest BCUT2D eigenvalue weighted by atomic mass is 10.0. The van der Waals surface area contributed by atoms with Gasteiger partial charge in [-0.25, -0.2) is 4.79 Å². The molecule has 10 heteroatoms. The molecule has 1 aromatic carbocycles. The van der Waals surface area contributed by atoms with Crippen LogP contribution in [0.1, 0.15) is 37.0 Å². The third kappa shape index (κ3) is 6.96. The number of aliphatic hydroxyl groups is 1. The number of hydrogen-bond acceptors (Lipinski definition) is 5. The van der Waals surface area contributed by atoms with Crippen molar-refractivity contribution in [2.45, 2.75) is 44.8 Å². The van der Waals surface area contributed by atoms with Gasteiger partial charge >= 0.3 is 6.03 Å². The number of carbonyl (C=O) groups excluding carboxylic acids is 2. The van der Waals surface area contributed by atoms with Crippen LogP contribution in [-0.2, 0) is 17.6 Å². The second kappa shape index (κ2) is 11.1. The summed E-state index contributed by atoms with van der Waals surface area (Å²) in [5, 5.41) is 22.4. The van der Waals surface area contributed by atoms with Gasteiger partial charge in [0.1, 0.15) is 11.6 Å². The number of hydrogen-bond donors (Lipinski definition) is 4. The summed E-state index contributed by atoms with van der Waals surface area (Å²) in [6.45, 7) is 3.16. The average molecular weight is 496 g/mol. The number of pyridine rings is 1. The maximum absolute atomic E-state index is 13.8. The topological polar surface area (TPSA) is 118 Å². The third-order valence-electron chi connectivity index (χ3n) is 5.46. The number of nitrogens with one attached hydrogen (secondary N) is 3. The van der Waals surface area contributed by atoms with Crippen molar-refractivity contribution in [1.29, 1.82) is 5.41 Å². The number of rotatable bonds is 5. The number of aryl methyl sites for hydroxylation is 1. The molecule has 0 fully saturated rings. The molecule has 1 aromatic heterocycles. The smallest absolute Gasteiger partial charge is 0.319 e. The lowest BCUT2D eigenvalue weighted by Crippen LogP contribution is -2.49. The summed E-state index contributed by atoms with van der Waals surface area (Å²) in [6.07, 6.45) is 2.98. The number of urea groups is 1. The highest BCUT2D eigenvalue weighted by atomic mass is 19.1. The highest BCUT2D eigenvalue weighted by Gasteiger charge is 2.29. The van der Waals surface area contributed by atoms with Gasteiger partial charge in [0.05, 0.1) is 0 Å². The fourth-order valence-corrected chi connectivity index (χ4v) is 3.59. The van der Waals surface area contributed by atoms with Crippen LogP contribution in [0.4, 0.5) is 19.3 Å². The van der Waals surface area contributed by atoms with Gasteiger partial charge < -0.3 is 26.0 Å². The lowest BCUT2D eigenvalue weighted by Gasteiger charge is -2.22. The van der Waals surface area contributed by atoms with Crippen LogP contribution < -0.4 is 15.5 Å². The molecule has 0 saturated heterocycles. The summed E-state index contributed by atoms with van der Waals surface area (Å²) in [5.74, 6) is 3.39. The summed E-state index contributed by atoms with van der Waals surface area (Å²) in [4.78, 5) is 30.1. The first kappa shape index (κ1) is 26.5. The van der Waals surface area contributed by atoms with Gasteiger partial charge in [0.15, 0.2) is 0 Å². The van der Waals surface area contributed by atoms with Gasteiger partial charge in [-0.2, -0.15) is 13.8 Å². The van der Waals surface area contributed by atoms with Gasteiger partial charge in [-0.1, -0.05) is 17.9 Å². The Bertz CT molecular complexity index is 1270. The molecule has 8 nitrogen and oxygen atoms in total. The minimum absolute atomic E-state index is 0.0679. The zero-order valence-electron chi connectivity index (χ0n) is 20.2. The van der Waals surface area contributed by atoms with E-state index in [1.54, 1.807) is 27.0 Å². The number of amides is 3. The summed E-state index contributed by atoms with van der Waals surface area (Å²) >= 11 is 0. The molecule has 0 unspecified atom stereocenters. The van der Waals surface area contributed by atoms with E-state index >= 15 is 0 Å². The first-order valence-corrected chi connectivity index (χ1v) is 11.2. The van der Waals surface area contributed by atoms with E-state index in [9.17, 15) is 23.5 Å². The molecule has 0 saturated carbocycles. The van der Waals surface area contributed by atoms with E-state index in [4.69, 9.17) is 5.41 Å². The largest absolute Gasteiger partial charge is 0.378 e. The van der Waals surface area contributed by atoms with Gasteiger partial charge in [0.2, 0.25) is 17.8 Å². The van der Waals surface area contributed by atoms with Crippen LogP contribution in [-0.4, -0.2) is 46.9 Å². The summed E-state index contributed by atoms with van der Waals surface area (Å²) in [7, 11) is 1.62. The zero-order valence-corrected chi connectivity index (χ0v) is 20.2. The number of allylic oxidation sites excluding steroid dienone is 1. The van der Waals surface area contributed by atoms with Gasteiger partial charge in [-0.15, -0.1) is 0 Å². The van der Waals surface area contributed by atoms with Crippen LogP contribution in [0.2, 0.25) is 0 Å². The molecule has 2 heterocycles. The Morgan fingerprint density at radius 1 is 1.33 bits per heavy atom. The predicted octanol–water partition coefficient (Wildman–Crippen LogP) is 2.84. The standard InChI is InChI=1S/C26H27F2N5O3/c1-26(2,36)11-10-16-4-5-18-6-8-20(24(34)33(3)21(18)13-16)31-25(35)30-15-17(14-29)12-19-7-9-22(27)32-23(19)28/h4-5,7,9,13-15,20,29,36H,6,8,12H2,1-3H3,(H2,30,31,35)/b17-15-,29-14?/t20-/m0/s1. The van der Waals surface area contributed by atoms with Crippen LogP contribution in [0.15, 0.2) is 42.1 Å². The number of likely N-dealkylation sites (N-methyl/N-ethyl adjacent to an activating group) is 1. The van der Waals surface area contributed by atoms with Crippen molar-refractivity contribution in [1.82, 2.24) is 15.6 Å². The fourth-order valence-electron chi connectivity index (χ4n) is 3.59. The van der Waals surface area contributed by atoms with Gasteiger partial charge in [-0.3, -0.25) is 4.79 Å². The number of fused-ring (bicyclic) bond motifs is 1. The van der Waals surface area contributed by atoms with E-state index in [-0.39, 0.29) is 23.5 Å². The van der Waals surface area contributed by atoms with Crippen molar-refractivity contribution in [2.24, 2.45) is 0 Å². The maximum atomic E-state index is 13.8. The molecule has 1 atom stereocenters. The summed E-state index contributed by atoms with van der Waals surface area (Å²) in [6, 6.07) is 6.23. The molecule has 188 valence electrons. The van der Waals surface area contributed by atoms with E-state index in [0.717, 1.165) is 17.8 Å². The van der Waals surface area contributed by atoms with Crippen molar-refractivity contribution in [2.75, 3.05) is 11.9 Å². The summed E-state index contributed by atoms with van der Waals surface area (Å²) in [5.41, 5.74) is 1.41. The molecule has 1 aliphatic heterocycles. The number of halogens is 2. The van der Waals surface area contributed by atoms with Crippen LogP contribution in [0.5, 0.6) is 0 Å². The second-order valence-electron chi connectivity index (χ2n) is 8.88. The Balaban J connectivity index is 1.67. The van der Waals surface area contributed by atoms with Gasteiger partial charge in [-0.05, 0) is 62.1 Å². The van der Waals surface area contributed by atoms with Crippen LogP contribution in [0.3, 0.4) is 0 Å². The molecular weight excluding hydrogens is 468 g/mol. The second-order valence-corrected chi connectivity index (χ2v) is 8.88. The van der Waals surface area contributed by atoms with E-state index in [0.29, 0.717) is 24.1 Å². The van der Waals surface area contributed by atoms with Crippen molar-refractivity contribution >= 4 is 23.8 Å². The molecule has 0 aliphatic carbocycles. The Kier molecular flexibility index (Phi) is 8.17. The molecule has 0 bridgehead atoms. The zero-order chi connectivity index (χ0) is 26.5. The van der Waals surface area contributed by atoms with E-state index in [1.807, 2.05) is 12.1 Å². The Morgan fingerprint density at radius 3 is 2.75 bits per heavy atom. The molecule has 3 rings (SSSR count). The van der Waals surface area contributed by atoms with E-state index in [2.05, 4.69) is 27.5 Å². The predicted molar refractivity (Wildman–Crippen MR) is 132 cm³/mol. The summed E-state index contributed by atoms with van der Waals surface area (Å²) < 4.78 is 26.8. The molecule has 3 amide bonds. The minimum Gasteiger partial charge on any atom is -0.378 e. The first-order valence-electron chi connectivity index (χ1n) is 11.2. The third-order valence-corrected chi connectivity index (χ3v) is 5.46. The Hall–Kier alpha value is -4.10. The molecule has 4 N–H and O–H groups in total. The van der Waals surface area contributed by atoms with E-state index in [1.165, 1.54) is 17.2 Å². The van der Waals surface area contributed by atoms with Crippen molar-refractivity contribution < 1.29 is 23.5 Å². The number of carbonyl (C=O) groups is 2. The Morgan fingerprint density at radius 2 is 2.08 bits per heavy atom. The SMILES string of the molecule is CN1C(=O)[C@@H](NC(=O)N/C=C(\C=N)Cc2ccc(F)nc2F)CCc2ccc(C#CC(C)(C)O)cc21. The number of nitrogens with zero attached hydrogens (tertiary/aromatic N) is 2. The van der Waals surface area contributed by atoms with Crippen molar-refractivity contribution in [3.63, 3.8) is 0 Å². The molecule has 1 aliphatic rings. The highest BCUT2D eigenvalue weighted by molar-refractivity contribution is 6.00. The van der Waals surface area contributed by atoms with Crippen LogP contribution in [0.25, 0.3) is 0 Å². The first-order chi connectivity index (χ1) is 17.0. The quantitative estimate of drug-likeness (QED) is 0.290. The maximum Gasteiger partial charge on any atom is 0.319 e. The highest BCUT2D eigenvalue weighted by Crippen LogP contribution is 2.27. The minimum atomic E-state index is -1.15. The molecule has 36 heavy (non-hydrogen) atoms. The lowest BCUT2D eigenvalue weighted by molar-refractivity contribution is -0.120.